The van der Waals surface area contributed by atoms with Gasteiger partial charge in [0.05, 0.1) is 11.9 Å². The molecule has 19 heavy (non-hydrogen) atoms. The molecule has 2 rings (SSSR count). The summed E-state index contributed by atoms with van der Waals surface area (Å²) in [7, 11) is 0. The molecule has 5 N–H and O–H groups in total. The van der Waals surface area contributed by atoms with Crippen molar-refractivity contribution in [3.63, 3.8) is 0 Å². The average Bonchev–Trinajstić information content (AvgIpc) is 2.81. The van der Waals surface area contributed by atoms with Crippen LogP contribution in [0.25, 0.3) is 0 Å². The largest absolute Gasteiger partial charge is 0.348 e. The van der Waals surface area contributed by atoms with Gasteiger partial charge < -0.3 is 10.7 Å². The summed E-state index contributed by atoms with van der Waals surface area (Å²) in [4.78, 5) is 12.0. The number of hydrogen-bond donors (Lipinski definition) is 4. The number of carbonyl (C=O) groups excluding carboxylic acids is 1. The highest BCUT2D eigenvalue weighted by atomic mass is 16.1. The van der Waals surface area contributed by atoms with Crippen LogP contribution in [-0.2, 0) is 6.54 Å². The van der Waals surface area contributed by atoms with Crippen LogP contribution >= 0.6 is 0 Å². The van der Waals surface area contributed by atoms with Crippen LogP contribution in [0.1, 0.15) is 27.2 Å². The maximum atomic E-state index is 12.0. The van der Waals surface area contributed by atoms with Crippen molar-refractivity contribution in [2.24, 2.45) is 5.84 Å². The Morgan fingerprint density at radius 3 is 2.79 bits per heavy atom. The van der Waals surface area contributed by atoms with Crippen LogP contribution in [0, 0.1) is 13.8 Å². The van der Waals surface area contributed by atoms with E-state index in [9.17, 15) is 4.79 Å². The third kappa shape index (κ3) is 2.92. The van der Waals surface area contributed by atoms with Gasteiger partial charge >= 0.3 is 0 Å². The molecule has 1 aromatic carbocycles. The smallest absolute Gasteiger partial charge is 0.251 e. The molecule has 0 saturated carbocycles. The van der Waals surface area contributed by atoms with E-state index in [2.05, 4.69) is 20.9 Å². The number of nitrogens with two attached hydrogens (primary N) is 1. The van der Waals surface area contributed by atoms with Crippen molar-refractivity contribution in [1.29, 1.82) is 0 Å². The van der Waals surface area contributed by atoms with Gasteiger partial charge in [0, 0.05) is 23.4 Å². The Kier molecular flexibility index (Phi) is 3.82. The molecule has 0 bridgehead atoms. The first-order valence-electron chi connectivity index (χ1n) is 5.96. The highest BCUT2D eigenvalue weighted by molar-refractivity contribution is 5.94. The molecule has 0 spiro atoms. The van der Waals surface area contributed by atoms with Crippen LogP contribution in [0.5, 0.6) is 0 Å². The predicted molar refractivity (Wildman–Crippen MR) is 73.5 cm³/mol. The number of aromatic amines is 1. The van der Waals surface area contributed by atoms with Crippen LogP contribution < -0.4 is 16.6 Å². The summed E-state index contributed by atoms with van der Waals surface area (Å²) in [5.41, 5.74) is 6.86. The molecule has 6 nitrogen and oxygen atoms in total. The van der Waals surface area contributed by atoms with Gasteiger partial charge in [-0.25, -0.2) is 0 Å². The standard InChI is InChI=1S/C13H17N5O/c1-8-5-10(3-4-12(8)17-14)13(19)15-6-11-7-16-18-9(11)2/h3-5,7,17H,6,14H2,1-2H3,(H,15,19)(H,16,18). The van der Waals surface area contributed by atoms with Crippen molar-refractivity contribution in [3.05, 3.63) is 46.8 Å². The summed E-state index contributed by atoms with van der Waals surface area (Å²) < 4.78 is 0. The van der Waals surface area contributed by atoms with Gasteiger partial charge in [-0.3, -0.25) is 15.7 Å². The summed E-state index contributed by atoms with van der Waals surface area (Å²) in [6, 6.07) is 5.32. The van der Waals surface area contributed by atoms with E-state index in [4.69, 9.17) is 5.84 Å². The molecule has 0 saturated heterocycles. The molecule has 0 unspecified atom stereocenters. The molecular formula is C13H17N5O. The van der Waals surface area contributed by atoms with Crippen molar-refractivity contribution >= 4 is 11.6 Å². The minimum Gasteiger partial charge on any atom is -0.348 e. The fraction of sp³-hybridized carbons (Fsp3) is 0.231. The minimum atomic E-state index is -0.118. The molecule has 0 aliphatic carbocycles. The van der Waals surface area contributed by atoms with E-state index in [-0.39, 0.29) is 5.91 Å². The summed E-state index contributed by atoms with van der Waals surface area (Å²) in [6.45, 7) is 4.27. The number of nitrogens with one attached hydrogen (secondary N) is 3. The van der Waals surface area contributed by atoms with Gasteiger partial charge in [-0.05, 0) is 37.6 Å². The number of H-pyrrole nitrogens is 1. The normalized spacial score (nSPS) is 10.3. The van der Waals surface area contributed by atoms with Gasteiger partial charge in [0.2, 0.25) is 0 Å². The second kappa shape index (κ2) is 5.53. The van der Waals surface area contributed by atoms with E-state index in [0.717, 1.165) is 22.5 Å². The Morgan fingerprint density at radius 1 is 1.42 bits per heavy atom. The molecule has 0 aliphatic rings. The van der Waals surface area contributed by atoms with Gasteiger partial charge in [0.25, 0.3) is 5.91 Å². The molecule has 100 valence electrons. The van der Waals surface area contributed by atoms with Crippen LogP contribution in [-0.4, -0.2) is 16.1 Å². The fourth-order valence-corrected chi connectivity index (χ4v) is 1.80. The number of nitrogens with zero attached hydrogens (tertiary/aromatic N) is 1. The zero-order chi connectivity index (χ0) is 13.8. The number of carbonyl (C=O) groups is 1. The molecule has 0 radical (unpaired) electrons. The van der Waals surface area contributed by atoms with Crippen molar-refractivity contribution in [2.45, 2.75) is 20.4 Å². The van der Waals surface area contributed by atoms with Gasteiger partial charge in [0.1, 0.15) is 0 Å². The predicted octanol–water partition coefficient (Wildman–Crippen LogP) is 1.24. The lowest BCUT2D eigenvalue weighted by atomic mass is 10.1. The lowest BCUT2D eigenvalue weighted by molar-refractivity contribution is 0.0951. The van der Waals surface area contributed by atoms with Gasteiger partial charge in [0.15, 0.2) is 0 Å². The monoisotopic (exact) mass is 259 g/mol. The van der Waals surface area contributed by atoms with Crippen molar-refractivity contribution < 1.29 is 4.79 Å². The molecule has 1 heterocycles. The Balaban J connectivity index is 2.04. The van der Waals surface area contributed by atoms with Crippen LogP contribution in [0.4, 0.5) is 5.69 Å². The second-order valence-electron chi connectivity index (χ2n) is 4.38. The van der Waals surface area contributed by atoms with Gasteiger partial charge in [-0.2, -0.15) is 5.10 Å². The fourth-order valence-electron chi connectivity index (χ4n) is 1.80. The number of nitrogen functional groups attached to an aromatic ring is 1. The van der Waals surface area contributed by atoms with Crippen LogP contribution in [0.3, 0.4) is 0 Å². The number of rotatable bonds is 4. The third-order valence-corrected chi connectivity index (χ3v) is 3.02. The highest BCUT2D eigenvalue weighted by Gasteiger charge is 2.08. The molecular weight excluding hydrogens is 242 g/mol. The summed E-state index contributed by atoms with van der Waals surface area (Å²) in [5, 5.41) is 9.60. The molecule has 2 aromatic rings. The Morgan fingerprint density at radius 2 is 2.21 bits per heavy atom. The van der Waals surface area contributed by atoms with E-state index in [0.29, 0.717) is 12.1 Å². The molecule has 6 heteroatoms. The highest BCUT2D eigenvalue weighted by Crippen LogP contribution is 2.15. The Bertz CT molecular complexity index is 590. The Hall–Kier alpha value is -2.34. The molecule has 0 fully saturated rings. The van der Waals surface area contributed by atoms with Gasteiger partial charge in [-0.1, -0.05) is 0 Å². The average molecular weight is 259 g/mol. The quantitative estimate of drug-likeness (QED) is 0.490. The minimum absolute atomic E-state index is 0.118. The first-order chi connectivity index (χ1) is 9.11. The summed E-state index contributed by atoms with van der Waals surface area (Å²) in [6.07, 6.45) is 1.71. The second-order valence-corrected chi connectivity index (χ2v) is 4.38. The summed E-state index contributed by atoms with van der Waals surface area (Å²) >= 11 is 0. The zero-order valence-corrected chi connectivity index (χ0v) is 10.9. The van der Waals surface area contributed by atoms with Crippen LogP contribution in [0.15, 0.2) is 24.4 Å². The number of hydrogen-bond acceptors (Lipinski definition) is 4. The first kappa shape index (κ1) is 13.1. The lowest BCUT2D eigenvalue weighted by Crippen LogP contribution is -2.23. The van der Waals surface area contributed by atoms with E-state index < -0.39 is 0 Å². The zero-order valence-electron chi connectivity index (χ0n) is 10.9. The number of hydrazine groups is 1. The van der Waals surface area contributed by atoms with E-state index >= 15 is 0 Å². The maximum Gasteiger partial charge on any atom is 0.251 e. The number of aryl methyl sites for hydroxylation is 2. The lowest BCUT2D eigenvalue weighted by Gasteiger charge is -2.08. The topological polar surface area (TPSA) is 95.8 Å². The third-order valence-electron chi connectivity index (χ3n) is 3.02. The van der Waals surface area contributed by atoms with Gasteiger partial charge in [-0.15, -0.1) is 0 Å². The van der Waals surface area contributed by atoms with E-state index in [1.54, 1.807) is 24.4 Å². The SMILES string of the molecule is Cc1cc(C(=O)NCc2cn[nH]c2C)ccc1NN. The maximum absolute atomic E-state index is 12.0. The molecule has 0 atom stereocenters. The number of anilines is 1. The number of amides is 1. The Labute approximate surface area is 111 Å². The summed E-state index contributed by atoms with van der Waals surface area (Å²) in [5.74, 6) is 5.24. The van der Waals surface area contributed by atoms with Crippen molar-refractivity contribution in [1.82, 2.24) is 15.5 Å². The van der Waals surface area contributed by atoms with E-state index in [1.165, 1.54) is 0 Å². The van der Waals surface area contributed by atoms with Crippen molar-refractivity contribution in [3.8, 4) is 0 Å². The first-order valence-corrected chi connectivity index (χ1v) is 5.96. The van der Waals surface area contributed by atoms with Crippen molar-refractivity contribution in [2.75, 3.05) is 5.43 Å². The molecule has 1 amide bonds. The number of benzene rings is 1. The van der Waals surface area contributed by atoms with Crippen LogP contribution in [0.2, 0.25) is 0 Å². The van der Waals surface area contributed by atoms with E-state index in [1.807, 2.05) is 13.8 Å². The molecule has 0 aliphatic heterocycles. The molecule has 1 aromatic heterocycles. The number of aromatic nitrogens is 2.